The summed E-state index contributed by atoms with van der Waals surface area (Å²) < 4.78 is 0. The van der Waals surface area contributed by atoms with Crippen LogP contribution in [-0.2, 0) is 15.0 Å². The van der Waals surface area contributed by atoms with Gasteiger partial charge in [0, 0.05) is 18.2 Å². The predicted molar refractivity (Wildman–Crippen MR) is 111 cm³/mol. The van der Waals surface area contributed by atoms with Gasteiger partial charge in [0.25, 0.3) is 0 Å². The molecule has 0 saturated heterocycles. The van der Waals surface area contributed by atoms with Gasteiger partial charge in [-0.15, -0.1) is 0 Å². The van der Waals surface area contributed by atoms with Gasteiger partial charge >= 0.3 is 0 Å². The van der Waals surface area contributed by atoms with Gasteiger partial charge in [-0.2, -0.15) is 5.10 Å². The summed E-state index contributed by atoms with van der Waals surface area (Å²) in [5, 5.41) is 10.0. The van der Waals surface area contributed by atoms with E-state index in [-0.39, 0.29) is 23.8 Å². The van der Waals surface area contributed by atoms with Crippen molar-refractivity contribution in [1.29, 1.82) is 0 Å². The lowest BCUT2D eigenvalue weighted by Crippen LogP contribution is -2.40. The topological polar surface area (TPSA) is 107 Å². The number of imidazole rings is 1. The van der Waals surface area contributed by atoms with E-state index in [4.69, 9.17) is 4.98 Å². The Kier molecular flexibility index (Phi) is 3.65. The minimum absolute atomic E-state index is 0.0237. The fraction of sp³-hybridized carbons (Fsp3) is 0.429. The number of aromatic nitrogens is 4. The van der Waals surface area contributed by atoms with Gasteiger partial charge < -0.3 is 15.2 Å². The van der Waals surface area contributed by atoms with Gasteiger partial charge in [0.1, 0.15) is 0 Å². The van der Waals surface area contributed by atoms with Crippen LogP contribution in [0.4, 0.5) is 11.4 Å². The van der Waals surface area contributed by atoms with E-state index < -0.39 is 5.41 Å². The van der Waals surface area contributed by atoms with Gasteiger partial charge in [0.2, 0.25) is 11.8 Å². The normalized spacial score (nSPS) is 18.0. The molecule has 5 rings (SSSR count). The summed E-state index contributed by atoms with van der Waals surface area (Å²) in [5.41, 5.74) is 4.10. The quantitative estimate of drug-likeness (QED) is 0.633. The van der Waals surface area contributed by atoms with Gasteiger partial charge in [-0.05, 0) is 58.2 Å². The molecule has 0 atom stereocenters. The second-order valence-corrected chi connectivity index (χ2v) is 8.78. The number of carbonyl (C=O) groups excluding carboxylic acids is 2. The first kappa shape index (κ1) is 17.9. The molecule has 0 unspecified atom stereocenters. The zero-order valence-electron chi connectivity index (χ0n) is 17.0. The Morgan fingerprint density at radius 2 is 2.07 bits per heavy atom. The van der Waals surface area contributed by atoms with Crippen LogP contribution in [-0.4, -0.2) is 38.0 Å². The van der Waals surface area contributed by atoms with Crippen molar-refractivity contribution >= 4 is 34.2 Å². The summed E-state index contributed by atoms with van der Waals surface area (Å²) in [7, 11) is 0. The smallest absolute Gasteiger partial charge is 0.237 e. The lowest BCUT2D eigenvalue weighted by Gasteiger charge is -2.24. The van der Waals surface area contributed by atoms with Crippen LogP contribution in [0.1, 0.15) is 46.1 Å². The molecule has 150 valence electrons. The maximum Gasteiger partial charge on any atom is 0.237 e. The molecule has 29 heavy (non-hydrogen) atoms. The highest BCUT2D eigenvalue weighted by Gasteiger charge is 2.45. The summed E-state index contributed by atoms with van der Waals surface area (Å²) >= 11 is 0. The molecule has 3 aromatic rings. The molecular weight excluding hydrogens is 368 g/mol. The van der Waals surface area contributed by atoms with Crippen molar-refractivity contribution in [1.82, 2.24) is 20.2 Å². The van der Waals surface area contributed by atoms with Crippen molar-refractivity contribution in [3.63, 3.8) is 0 Å². The van der Waals surface area contributed by atoms with Crippen LogP contribution in [0.15, 0.2) is 18.3 Å². The standard InChI is InChI=1S/C21H24N6O2/c1-10(2)27-16-8-14-13(7-12(16)21(3,4)20(27)29)23-18(24-14)17-15(9-22-26-17)25-19(28)11-5-6-11/h7-11H,5-6H2,1-4H3,(H,22,26)(H,23,24)(H,25,28). The molecule has 2 aromatic heterocycles. The van der Waals surface area contributed by atoms with Crippen LogP contribution in [0.2, 0.25) is 0 Å². The number of anilines is 2. The molecule has 8 heteroatoms. The average molecular weight is 392 g/mol. The molecule has 3 N–H and O–H groups in total. The van der Waals surface area contributed by atoms with Crippen molar-refractivity contribution in [3.8, 4) is 11.5 Å². The average Bonchev–Trinajstić information content (AvgIpc) is 3.22. The minimum atomic E-state index is -0.588. The first-order valence-corrected chi connectivity index (χ1v) is 10.0. The molecule has 0 bridgehead atoms. The van der Waals surface area contributed by atoms with E-state index >= 15 is 0 Å². The third kappa shape index (κ3) is 2.66. The number of nitrogens with one attached hydrogen (secondary N) is 3. The molecule has 8 nitrogen and oxygen atoms in total. The zero-order chi connectivity index (χ0) is 20.5. The summed E-state index contributed by atoms with van der Waals surface area (Å²) in [6.45, 7) is 7.95. The number of hydrogen-bond acceptors (Lipinski definition) is 4. The number of H-pyrrole nitrogens is 2. The number of carbonyl (C=O) groups is 2. The Bertz CT molecular complexity index is 1150. The Hall–Kier alpha value is -3.16. The van der Waals surface area contributed by atoms with Crippen molar-refractivity contribution in [2.75, 3.05) is 10.2 Å². The van der Waals surface area contributed by atoms with E-state index in [1.165, 1.54) is 0 Å². The van der Waals surface area contributed by atoms with Crippen molar-refractivity contribution in [3.05, 3.63) is 23.9 Å². The molecular formula is C21H24N6O2. The van der Waals surface area contributed by atoms with Crippen LogP contribution >= 0.6 is 0 Å². The Morgan fingerprint density at radius 3 is 2.76 bits per heavy atom. The first-order valence-electron chi connectivity index (χ1n) is 10.0. The fourth-order valence-corrected chi connectivity index (χ4v) is 4.04. The van der Waals surface area contributed by atoms with E-state index in [1.54, 1.807) is 6.20 Å². The summed E-state index contributed by atoms with van der Waals surface area (Å²) in [5.74, 6) is 0.817. The second-order valence-electron chi connectivity index (χ2n) is 8.78. The number of nitrogens with zero attached hydrogens (tertiary/aromatic N) is 3. The van der Waals surface area contributed by atoms with Crippen LogP contribution in [0, 0.1) is 5.92 Å². The van der Waals surface area contributed by atoms with E-state index in [0.29, 0.717) is 17.2 Å². The number of fused-ring (bicyclic) bond motifs is 2. The predicted octanol–water partition coefficient (Wildman–Crippen LogP) is 3.33. The third-order valence-electron chi connectivity index (χ3n) is 5.87. The Balaban J connectivity index is 1.57. The lowest BCUT2D eigenvalue weighted by molar-refractivity contribution is -0.122. The van der Waals surface area contributed by atoms with E-state index in [2.05, 4.69) is 20.5 Å². The van der Waals surface area contributed by atoms with E-state index in [0.717, 1.165) is 35.1 Å². The van der Waals surface area contributed by atoms with Crippen LogP contribution < -0.4 is 10.2 Å². The molecule has 0 spiro atoms. The number of hydrogen-bond donors (Lipinski definition) is 3. The molecule has 1 fully saturated rings. The first-order chi connectivity index (χ1) is 13.8. The van der Waals surface area contributed by atoms with Crippen molar-refractivity contribution in [2.24, 2.45) is 5.92 Å². The minimum Gasteiger partial charge on any atom is -0.337 e. The Labute approximate surface area is 168 Å². The number of amides is 2. The summed E-state index contributed by atoms with van der Waals surface area (Å²) in [4.78, 5) is 34.9. The SMILES string of the molecule is CC(C)N1C(=O)C(C)(C)c2cc3[nH]c(-c4n[nH]cc4NC(=O)C4CC4)nc3cc21. The summed E-state index contributed by atoms with van der Waals surface area (Å²) in [6, 6.07) is 4.04. The van der Waals surface area contributed by atoms with Gasteiger partial charge in [-0.1, -0.05) is 0 Å². The van der Waals surface area contributed by atoms with Gasteiger partial charge in [-0.25, -0.2) is 4.98 Å². The summed E-state index contributed by atoms with van der Waals surface area (Å²) in [6.07, 6.45) is 3.55. The van der Waals surface area contributed by atoms with E-state index in [1.807, 2.05) is 44.7 Å². The zero-order valence-corrected chi connectivity index (χ0v) is 17.0. The highest BCUT2D eigenvalue weighted by molar-refractivity contribution is 6.10. The largest absolute Gasteiger partial charge is 0.337 e. The highest BCUT2D eigenvalue weighted by Crippen LogP contribution is 2.44. The lowest BCUT2D eigenvalue weighted by atomic mass is 9.86. The van der Waals surface area contributed by atoms with Gasteiger partial charge in [-0.3, -0.25) is 14.7 Å². The van der Waals surface area contributed by atoms with Crippen LogP contribution in [0.3, 0.4) is 0 Å². The van der Waals surface area contributed by atoms with Crippen molar-refractivity contribution < 1.29 is 9.59 Å². The number of benzene rings is 1. The molecule has 1 aliphatic carbocycles. The maximum atomic E-state index is 12.9. The van der Waals surface area contributed by atoms with Gasteiger partial charge in [0.05, 0.1) is 27.8 Å². The van der Waals surface area contributed by atoms with E-state index in [9.17, 15) is 9.59 Å². The third-order valence-corrected chi connectivity index (χ3v) is 5.87. The van der Waals surface area contributed by atoms with Gasteiger partial charge in [0.15, 0.2) is 11.5 Å². The molecule has 0 radical (unpaired) electrons. The van der Waals surface area contributed by atoms with Crippen LogP contribution in [0.5, 0.6) is 0 Å². The molecule has 1 aliphatic heterocycles. The molecule has 2 amide bonds. The molecule has 1 aromatic carbocycles. The second kappa shape index (κ2) is 5.92. The molecule has 2 aliphatic rings. The Morgan fingerprint density at radius 1 is 1.31 bits per heavy atom. The number of rotatable bonds is 4. The molecule has 3 heterocycles. The molecule has 1 saturated carbocycles. The van der Waals surface area contributed by atoms with Crippen molar-refractivity contribution in [2.45, 2.75) is 52.0 Å². The monoisotopic (exact) mass is 392 g/mol. The fourth-order valence-electron chi connectivity index (χ4n) is 4.04. The highest BCUT2D eigenvalue weighted by atomic mass is 16.2. The maximum absolute atomic E-state index is 12.9. The number of aromatic amines is 2. The van der Waals surface area contributed by atoms with Crippen LogP contribution in [0.25, 0.3) is 22.6 Å².